The topological polar surface area (TPSA) is 48.1 Å². The molecule has 0 saturated carbocycles. The Kier molecular flexibility index (Phi) is 5.79. The monoisotopic (exact) mass is 368 g/mol. The lowest BCUT2D eigenvalue weighted by Gasteiger charge is -2.13. The van der Waals surface area contributed by atoms with Crippen LogP contribution < -0.4 is 10.5 Å². The van der Waals surface area contributed by atoms with Crippen LogP contribution in [0.2, 0.25) is 0 Å². The number of benzene rings is 1. The Bertz CT molecular complexity index is 596. The van der Waals surface area contributed by atoms with Crippen molar-refractivity contribution in [3.63, 3.8) is 0 Å². The zero-order valence-electron chi connectivity index (χ0n) is 12.6. The van der Waals surface area contributed by atoms with Crippen LogP contribution in [0.3, 0.4) is 0 Å². The number of aromatic nitrogens is 1. The fourth-order valence-electron chi connectivity index (χ4n) is 2.00. The summed E-state index contributed by atoms with van der Waals surface area (Å²) in [6.45, 7) is 6.80. The number of hydrogen-bond donors (Lipinski definition) is 1. The highest BCUT2D eigenvalue weighted by Gasteiger charge is 2.10. The lowest BCUT2D eigenvalue weighted by molar-refractivity contribution is 0.298. The SMILES string of the molecule is CC(N)Cc1cc(Br)ccc1OCc1csc(C(C)C)n1. The molecule has 0 bridgehead atoms. The van der Waals surface area contributed by atoms with E-state index in [2.05, 4.69) is 46.2 Å². The van der Waals surface area contributed by atoms with Crippen molar-refractivity contribution >= 4 is 27.3 Å². The average Bonchev–Trinajstić information content (AvgIpc) is 2.86. The molecule has 3 nitrogen and oxygen atoms in total. The van der Waals surface area contributed by atoms with E-state index in [4.69, 9.17) is 10.5 Å². The molecule has 1 heterocycles. The van der Waals surface area contributed by atoms with Gasteiger partial charge in [0, 0.05) is 21.8 Å². The van der Waals surface area contributed by atoms with Gasteiger partial charge in [-0.15, -0.1) is 11.3 Å². The van der Waals surface area contributed by atoms with Crippen LogP contribution in [0.5, 0.6) is 5.75 Å². The quantitative estimate of drug-likeness (QED) is 0.816. The van der Waals surface area contributed by atoms with E-state index in [1.54, 1.807) is 11.3 Å². The second kappa shape index (κ2) is 7.38. The molecule has 1 atom stereocenters. The van der Waals surface area contributed by atoms with Crippen LogP contribution in [-0.2, 0) is 13.0 Å². The summed E-state index contributed by atoms with van der Waals surface area (Å²) in [5.74, 6) is 1.35. The minimum Gasteiger partial charge on any atom is -0.487 e. The summed E-state index contributed by atoms with van der Waals surface area (Å²) in [5.41, 5.74) is 8.01. The number of nitrogens with two attached hydrogens (primary N) is 1. The van der Waals surface area contributed by atoms with Gasteiger partial charge in [0.1, 0.15) is 12.4 Å². The van der Waals surface area contributed by atoms with Crippen molar-refractivity contribution in [3.8, 4) is 5.75 Å². The number of rotatable bonds is 6. The van der Waals surface area contributed by atoms with Crippen LogP contribution in [0.4, 0.5) is 0 Å². The molecule has 2 rings (SSSR count). The molecular formula is C16H21BrN2OS. The van der Waals surface area contributed by atoms with Gasteiger partial charge >= 0.3 is 0 Å². The van der Waals surface area contributed by atoms with E-state index in [1.165, 1.54) is 0 Å². The van der Waals surface area contributed by atoms with E-state index in [1.807, 2.05) is 19.1 Å². The van der Waals surface area contributed by atoms with Crippen molar-refractivity contribution in [3.05, 3.63) is 44.3 Å². The van der Waals surface area contributed by atoms with Gasteiger partial charge in [0.15, 0.2) is 0 Å². The number of halogens is 1. The first-order chi connectivity index (χ1) is 9.95. The Morgan fingerprint density at radius 3 is 2.71 bits per heavy atom. The number of nitrogens with zero attached hydrogens (tertiary/aromatic N) is 1. The summed E-state index contributed by atoms with van der Waals surface area (Å²) >= 11 is 5.19. The third kappa shape index (κ3) is 4.80. The van der Waals surface area contributed by atoms with E-state index in [9.17, 15) is 0 Å². The third-order valence-corrected chi connectivity index (χ3v) is 4.69. The van der Waals surface area contributed by atoms with Gasteiger partial charge in [-0.2, -0.15) is 0 Å². The maximum atomic E-state index is 5.94. The average molecular weight is 369 g/mol. The summed E-state index contributed by atoms with van der Waals surface area (Å²) in [4.78, 5) is 4.59. The van der Waals surface area contributed by atoms with Gasteiger partial charge in [-0.1, -0.05) is 29.8 Å². The molecule has 0 radical (unpaired) electrons. The summed E-state index contributed by atoms with van der Waals surface area (Å²) in [6, 6.07) is 6.14. The molecule has 0 aliphatic rings. The van der Waals surface area contributed by atoms with Gasteiger partial charge < -0.3 is 10.5 Å². The summed E-state index contributed by atoms with van der Waals surface area (Å²) in [7, 11) is 0. The van der Waals surface area contributed by atoms with Crippen LogP contribution in [0, 0.1) is 0 Å². The lowest BCUT2D eigenvalue weighted by atomic mass is 10.1. The Labute approximate surface area is 138 Å². The maximum Gasteiger partial charge on any atom is 0.131 e. The molecule has 2 N–H and O–H groups in total. The molecule has 0 saturated heterocycles. The first kappa shape index (κ1) is 16.5. The molecular weight excluding hydrogens is 348 g/mol. The van der Waals surface area contributed by atoms with Gasteiger partial charge in [0.2, 0.25) is 0 Å². The number of hydrogen-bond acceptors (Lipinski definition) is 4. The van der Waals surface area contributed by atoms with Gasteiger partial charge in [-0.3, -0.25) is 0 Å². The molecule has 0 fully saturated rings. The fraction of sp³-hybridized carbons (Fsp3) is 0.438. The van der Waals surface area contributed by atoms with Gasteiger partial charge in [-0.05, 0) is 37.1 Å². The molecule has 2 aromatic rings. The standard InChI is InChI=1S/C16H21BrN2OS/c1-10(2)16-19-14(9-21-16)8-20-15-5-4-13(17)7-12(15)6-11(3)18/h4-5,7,9-11H,6,8,18H2,1-3H3. The molecule has 0 aliphatic carbocycles. The van der Waals surface area contributed by atoms with E-state index in [-0.39, 0.29) is 6.04 Å². The molecule has 5 heteroatoms. The Morgan fingerprint density at radius 1 is 1.33 bits per heavy atom. The smallest absolute Gasteiger partial charge is 0.131 e. The minimum atomic E-state index is 0.105. The first-order valence-electron chi connectivity index (χ1n) is 7.06. The van der Waals surface area contributed by atoms with Crippen LogP contribution >= 0.6 is 27.3 Å². The van der Waals surface area contributed by atoms with Crippen molar-refractivity contribution in [2.75, 3.05) is 0 Å². The van der Waals surface area contributed by atoms with E-state index >= 15 is 0 Å². The molecule has 1 aromatic heterocycles. The van der Waals surface area contributed by atoms with Crippen LogP contribution in [0.1, 0.15) is 43.0 Å². The molecule has 0 spiro atoms. The maximum absolute atomic E-state index is 5.94. The highest BCUT2D eigenvalue weighted by molar-refractivity contribution is 9.10. The molecule has 1 unspecified atom stereocenters. The van der Waals surface area contributed by atoms with Crippen molar-refractivity contribution in [2.45, 2.75) is 45.8 Å². The minimum absolute atomic E-state index is 0.105. The van der Waals surface area contributed by atoms with E-state index < -0.39 is 0 Å². The molecule has 0 aliphatic heterocycles. The van der Waals surface area contributed by atoms with E-state index in [0.29, 0.717) is 12.5 Å². The summed E-state index contributed by atoms with van der Waals surface area (Å²) < 4.78 is 6.98. The van der Waals surface area contributed by atoms with Crippen LogP contribution in [-0.4, -0.2) is 11.0 Å². The Balaban J connectivity index is 2.08. The normalized spacial score (nSPS) is 12.7. The predicted octanol–water partition coefficient (Wildman–Crippen LogP) is 4.50. The van der Waals surface area contributed by atoms with Crippen LogP contribution in [0.15, 0.2) is 28.1 Å². The molecule has 114 valence electrons. The predicted molar refractivity (Wildman–Crippen MR) is 92.0 cm³/mol. The zero-order chi connectivity index (χ0) is 15.4. The fourth-order valence-corrected chi connectivity index (χ4v) is 3.23. The number of ether oxygens (including phenoxy) is 1. The number of thiazole rings is 1. The molecule has 21 heavy (non-hydrogen) atoms. The van der Waals surface area contributed by atoms with Crippen LogP contribution in [0.25, 0.3) is 0 Å². The van der Waals surface area contributed by atoms with Gasteiger partial charge in [0.25, 0.3) is 0 Å². The second-order valence-corrected chi connectivity index (χ2v) is 7.36. The highest BCUT2D eigenvalue weighted by atomic mass is 79.9. The summed E-state index contributed by atoms with van der Waals surface area (Å²) in [6.07, 6.45) is 0.795. The van der Waals surface area contributed by atoms with Crippen molar-refractivity contribution in [1.29, 1.82) is 0 Å². The largest absolute Gasteiger partial charge is 0.487 e. The van der Waals surface area contributed by atoms with E-state index in [0.717, 1.165) is 32.9 Å². The Morgan fingerprint density at radius 2 is 2.10 bits per heavy atom. The second-order valence-electron chi connectivity index (χ2n) is 5.55. The molecule has 0 amide bonds. The van der Waals surface area contributed by atoms with Crippen molar-refractivity contribution in [2.24, 2.45) is 5.73 Å². The van der Waals surface area contributed by atoms with Gasteiger partial charge in [-0.25, -0.2) is 4.98 Å². The van der Waals surface area contributed by atoms with Crippen molar-refractivity contribution in [1.82, 2.24) is 4.98 Å². The summed E-state index contributed by atoms with van der Waals surface area (Å²) in [5, 5.41) is 3.22. The zero-order valence-corrected chi connectivity index (χ0v) is 15.0. The first-order valence-corrected chi connectivity index (χ1v) is 8.74. The lowest BCUT2D eigenvalue weighted by Crippen LogP contribution is -2.18. The third-order valence-electron chi connectivity index (χ3n) is 3.00. The highest BCUT2D eigenvalue weighted by Crippen LogP contribution is 2.26. The Hall–Kier alpha value is -0.910. The molecule has 1 aromatic carbocycles. The van der Waals surface area contributed by atoms with Crippen molar-refractivity contribution < 1.29 is 4.74 Å². The van der Waals surface area contributed by atoms with Gasteiger partial charge in [0.05, 0.1) is 10.7 Å².